The Morgan fingerprint density at radius 2 is 1.93 bits per heavy atom. The van der Waals surface area contributed by atoms with Gasteiger partial charge in [-0.1, -0.05) is 36.4 Å². The van der Waals surface area contributed by atoms with Gasteiger partial charge in [-0.2, -0.15) is 0 Å². The van der Waals surface area contributed by atoms with E-state index in [-0.39, 0.29) is 24.5 Å². The van der Waals surface area contributed by atoms with Crippen LogP contribution in [0.1, 0.15) is 34.8 Å². The van der Waals surface area contributed by atoms with Crippen LogP contribution in [0.4, 0.5) is 5.69 Å². The maximum absolute atomic E-state index is 13.4. The van der Waals surface area contributed by atoms with Gasteiger partial charge in [0, 0.05) is 30.8 Å². The van der Waals surface area contributed by atoms with Gasteiger partial charge in [0.2, 0.25) is 5.91 Å². The number of rotatable bonds is 4. The first kappa shape index (κ1) is 18.7. The summed E-state index contributed by atoms with van der Waals surface area (Å²) in [7, 11) is 0. The number of ether oxygens (including phenoxy) is 1. The molecule has 146 valence electrons. The van der Waals surface area contributed by atoms with E-state index in [4.69, 9.17) is 4.74 Å². The number of carbonyl (C=O) groups is 2. The summed E-state index contributed by atoms with van der Waals surface area (Å²) in [6.45, 7) is 1.35. The van der Waals surface area contributed by atoms with E-state index in [1.807, 2.05) is 42.5 Å². The zero-order valence-corrected chi connectivity index (χ0v) is 15.7. The van der Waals surface area contributed by atoms with Crippen LogP contribution in [-0.2, 0) is 9.53 Å². The highest BCUT2D eigenvalue weighted by molar-refractivity contribution is 5.99. The Morgan fingerprint density at radius 1 is 1.11 bits per heavy atom. The average Bonchev–Trinajstić information content (AvgIpc) is 3.19. The number of aliphatic hydroxyl groups is 1. The molecule has 2 aliphatic rings. The number of benzene rings is 2. The second-order valence-corrected chi connectivity index (χ2v) is 7.15. The van der Waals surface area contributed by atoms with Gasteiger partial charge in [0.1, 0.15) is 6.10 Å². The summed E-state index contributed by atoms with van der Waals surface area (Å²) in [4.78, 5) is 28.9. The summed E-state index contributed by atoms with van der Waals surface area (Å²) in [5.74, 6) is -0.0254. The molecule has 0 aromatic heterocycles. The standard InChI is InChI=1S/C22H24N2O4/c25-15-19-21(16-6-2-1-3-7-16)24(12-13-28-19)22(27)17-8-4-9-18(14-17)23-11-5-10-20(23)26/h1-4,6-9,14,19,21,25H,5,10-13,15H2/t19-,21-/m0/s1. The Morgan fingerprint density at radius 3 is 2.64 bits per heavy atom. The van der Waals surface area contributed by atoms with Gasteiger partial charge in [0.05, 0.1) is 19.3 Å². The molecule has 2 aromatic rings. The molecule has 0 radical (unpaired) electrons. The Hall–Kier alpha value is -2.70. The molecule has 6 heteroatoms. The van der Waals surface area contributed by atoms with Crippen molar-refractivity contribution in [2.24, 2.45) is 0 Å². The lowest BCUT2D eigenvalue weighted by Gasteiger charge is -2.41. The highest BCUT2D eigenvalue weighted by atomic mass is 16.5. The molecule has 2 atom stereocenters. The van der Waals surface area contributed by atoms with E-state index in [9.17, 15) is 14.7 Å². The first-order chi connectivity index (χ1) is 13.7. The zero-order valence-electron chi connectivity index (χ0n) is 15.7. The van der Waals surface area contributed by atoms with Crippen molar-refractivity contribution in [2.45, 2.75) is 25.0 Å². The van der Waals surface area contributed by atoms with Crippen molar-refractivity contribution in [3.63, 3.8) is 0 Å². The monoisotopic (exact) mass is 380 g/mol. The number of anilines is 1. The molecule has 2 fully saturated rings. The van der Waals surface area contributed by atoms with Crippen molar-refractivity contribution in [1.29, 1.82) is 0 Å². The maximum atomic E-state index is 13.4. The van der Waals surface area contributed by atoms with Gasteiger partial charge in [-0.3, -0.25) is 9.59 Å². The van der Waals surface area contributed by atoms with Crippen molar-refractivity contribution in [3.8, 4) is 0 Å². The number of hydrogen-bond acceptors (Lipinski definition) is 4. The molecule has 0 saturated carbocycles. The van der Waals surface area contributed by atoms with E-state index in [1.54, 1.807) is 21.9 Å². The van der Waals surface area contributed by atoms with Crippen LogP contribution in [0.15, 0.2) is 54.6 Å². The van der Waals surface area contributed by atoms with Crippen LogP contribution in [0.25, 0.3) is 0 Å². The van der Waals surface area contributed by atoms with Crippen molar-refractivity contribution in [2.75, 3.05) is 31.2 Å². The molecule has 0 aliphatic carbocycles. The molecule has 2 aliphatic heterocycles. The number of morpholine rings is 1. The smallest absolute Gasteiger partial charge is 0.254 e. The number of hydrogen-bond donors (Lipinski definition) is 1. The highest BCUT2D eigenvalue weighted by Gasteiger charge is 2.36. The van der Waals surface area contributed by atoms with Crippen molar-refractivity contribution in [3.05, 3.63) is 65.7 Å². The topological polar surface area (TPSA) is 70.1 Å². The predicted molar refractivity (Wildman–Crippen MR) is 105 cm³/mol. The molecule has 0 spiro atoms. The molecule has 2 aromatic carbocycles. The minimum Gasteiger partial charge on any atom is -0.394 e. The fraction of sp³-hybridized carbons (Fsp3) is 0.364. The van der Waals surface area contributed by atoms with Crippen molar-refractivity contribution >= 4 is 17.5 Å². The van der Waals surface area contributed by atoms with Gasteiger partial charge < -0.3 is 19.6 Å². The van der Waals surface area contributed by atoms with Crippen LogP contribution >= 0.6 is 0 Å². The Kier molecular flexibility index (Phi) is 5.41. The molecule has 0 unspecified atom stereocenters. The minimum absolute atomic E-state index is 0.0958. The van der Waals surface area contributed by atoms with Gasteiger partial charge in [-0.15, -0.1) is 0 Å². The number of nitrogens with zero attached hydrogens (tertiary/aromatic N) is 2. The lowest BCUT2D eigenvalue weighted by molar-refractivity contribution is -0.117. The first-order valence-electron chi connectivity index (χ1n) is 9.68. The summed E-state index contributed by atoms with van der Waals surface area (Å²) < 4.78 is 5.73. The average molecular weight is 380 g/mol. The largest absolute Gasteiger partial charge is 0.394 e. The number of amides is 2. The van der Waals surface area contributed by atoms with Crippen LogP contribution in [0.5, 0.6) is 0 Å². The van der Waals surface area contributed by atoms with Crippen LogP contribution < -0.4 is 4.90 Å². The quantitative estimate of drug-likeness (QED) is 0.884. The third kappa shape index (κ3) is 3.53. The normalized spacial score (nSPS) is 22.5. The van der Waals surface area contributed by atoms with E-state index in [0.717, 1.165) is 17.7 Å². The summed E-state index contributed by atoms with van der Waals surface area (Å²) >= 11 is 0. The molecule has 28 heavy (non-hydrogen) atoms. The molecule has 0 bridgehead atoms. The molecule has 6 nitrogen and oxygen atoms in total. The SMILES string of the molecule is O=C1CCCN1c1cccc(C(=O)N2CCO[C@@H](CO)[C@@H]2c2ccccc2)c1. The van der Waals surface area contributed by atoms with Gasteiger partial charge in [0.15, 0.2) is 0 Å². The molecule has 2 saturated heterocycles. The third-order valence-corrected chi connectivity index (χ3v) is 5.41. The fourth-order valence-electron chi connectivity index (χ4n) is 4.05. The molecular formula is C22H24N2O4. The third-order valence-electron chi connectivity index (χ3n) is 5.41. The van der Waals surface area contributed by atoms with E-state index < -0.39 is 6.10 Å². The summed E-state index contributed by atoms with van der Waals surface area (Å²) in [5, 5.41) is 9.80. The van der Waals surface area contributed by atoms with Gasteiger partial charge >= 0.3 is 0 Å². The highest BCUT2D eigenvalue weighted by Crippen LogP contribution is 2.31. The van der Waals surface area contributed by atoms with Crippen LogP contribution in [0, 0.1) is 0 Å². The molecular weight excluding hydrogens is 356 g/mol. The second kappa shape index (κ2) is 8.12. The predicted octanol–water partition coefficient (Wildman–Crippen LogP) is 2.39. The fourth-order valence-corrected chi connectivity index (χ4v) is 4.05. The Bertz CT molecular complexity index is 855. The van der Waals surface area contributed by atoms with E-state index in [0.29, 0.717) is 31.7 Å². The number of carbonyl (C=O) groups excluding carboxylic acids is 2. The van der Waals surface area contributed by atoms with Crippen molar-refractivity contribution < 1.29 is 19.4 Å². The summed E-state index contributed by atoms with van der Waals surface area (Å²) in [5.41, 5.74) is 2.23. The Balaban J connectivity index is 1.65. The second-order valence-electron chi connectivity index (χ2n) is 7.15. The Labute approximate surface area is 164 Å². The lowest BCUT2D eigenvalue weighted by Crippen LogP contribution is -2.49. The molecule has 1 N–H and O–H groups in total. The van der Waals surface area contributed by atoms with Crippen molar-refractivity contribution in [1.82, 2.24) is 4.90 Å². The van der Waals surface area contributed by atoms with E-state index in [1.165, 1.54) is 0 Å². The summed E-state index contributed by atoms with van der Waals surface area (Å²) in [6, 6.07) is 16.5. The number of aliphatic hydroxyl groups excluding tert-OH is 1. The molecule has 2 amide bonds. The minimum atomic E-state index is -0.469. The molecule has 2 heterocycles. The van der Waals surface area contributed by atoms with Crippen LogP contribution in [-0.4, -0.2) is 54.2 Å². The maximum Gasteiger partial charge on any atom is 0.254 e. The van der Waals surface area contributed by atoms with Gasteiger partial charge in [0.25, 0.3) is 5.91 Å². The first-order valence-corrected chi connectivity index (χ1v) is 9.68. The van der Waals surface area contributed by atoms with E-state index in [2.05, 4.69) is 0 Å². The van der Waals surface area contributed by atoms with Gasteiger partial charge in [-0.25, -0.2) is 0 Å². The van der Waals surface area contributed by atoms with Gasteiger partial charge in [-0.05, 0) is 30.2 Å². The molecule has 4 rings (SSSR count). The van der Waals surface area contributed by atoms with E-state index >= 15 is 0 Å². The van der Waals surface area contributed by atoms with Crippen LogP contribution in [0.3, 0.4) is 0 Å². The zero-order chi connectivity index (χ0) is 19.5. The van der Waals surface area contributed by atoms with Crippen LogP contribution in [0.2, 0.25) is 0 Å². The summed E-state index contributed by atoms with van der Waals surface area (Å²) in [6.07, 6.45) is 0.924. The lowest BCUT2D eigenvalue weighted by atomic mass is 9.97.